The molecular formula is C25H16Br3ClN2O4. The molecule has 1 fully saturated rings. The minimum absolute atomic E-state index is 0.168. The first-order valence-corrected chi connectivity index (χ1v) is 12.9. The average molecular weight is 684 g/mol. The fourth-order valence-electron chi connectivity index (χ4n) is 3.36. The molecule has 0 aliphatic carbocycles. The number of hydrogen-bond acceptors (Lipinski definition) is 4. The molecule has 0 saturated carbocycles. The molecule has 1 aliphatic heterocycles. The van der Waals surface area contributed by atoms with Gasteiger partial charge in [0.1, 0.15) is 17.9 Å². The van der Waals surface area contributed by atoms with Gasteiger partial charge in [0.05, 0.1) is 14.6 Å². The number of halogens is 4. The molecule has 0 radical (unpaired) electrons. The molecule has 0 aromatic heterocycles. The molecule has 0 spiro atoms. The summed E-state index contributed by atoms with van der Waals surface area (Å²) in [6, 6.07) is 15.0. The topological polar surface area (TPSA) is 75.7 Å². The van der Waals surface area contributed by atoms with Crippen molar-refractivity contribution < 1.29 is 19.1 Å². The van der Waals surface area contributed by atoms with Gasteiger partial charge in [-0.2, -0.15) is 0 Å². The average Bonchev–Trinajstić information content (AvgIpc) is 2.79. The number of imide groups is 2. The van der Waals surface area contributed by atoms with E-state index in [4.69, 9.17) is 16.3 Å². The molecular weight excluding hydrogens is 667 g/mol. The van der Waals surface area contributed by atoms with E-state index < -0.39 is 17.8 Å². The molecule has 4 amide bonds. The first kappa shape index (κ1) is 25.6. The summed E-state index contributed by atoms with van der Waals surface area (Å²) in [5.41, 5.74) is 2.53. The van der Waals surface area contributed by atoms with E-state index in [9.17, 15) is 14.4 Å². The highest BCUT2D eigenvalue weighted by molar-refractivity contribution is 9.11. The maximum atomic E-state index is 13.2. The maximum Gasteiger partial charge on any atom is 0.335 e. The number of anilines is 1. The standard InChI is InChI=1S/C25H16Br3ClN2O4/c1-13-8-17(6-7-19(13)26)31-24(33)18(23(32)30-25(31)34)9-15-10-20(27)22(21(28)11-15)35-12-14-2-4-16(29)5-3-14/h2-11H,12H2,1H3,(H,30,32,34)/b18-9+. The Hall–Kier alpha value is -2.46. The predicted octanol–water partition coefficient (Wildman–Crippen LogP) is 7.18. The third kappa shape index (κ3) is 5.69. The van der Waals surface area contributed by atoms with Gasteiger partial charge in [-0.1, -0.05) is 39.7 Å². The van der Waals surface area contributed by atoms with Gasteiger partial charge < -0.3 is 4.74 Å². The zero-order chi connectivity index (χ0) is 25.3. The molecule has 1 N–H and O–H groups in total. The van der Waals surface area contributed by atoms with Gasteiger partial charge >= 0.3 is 6.03 Å². The minimum Gasteiger partial charge on any atom is -0.487 e. The largest absolute Gasteiger partial charge is 0.487 e. The summed E-state index contributed by atoms with van der Waals surface area (Å²) in [4.78, 5) is 39.1. The lowest BCUT2D eigenvalue weighted by molar-refractivity contribution is -0.122. The Morgan fingerprint density at radius 3 is 2.23 bits per heavy atom. The fourth-order valence-corrected chi connectivity index (χ4v) is 5.19. The van der Waals surface area contributed by atoms with Crippen molar-refractivity contribution in [1.29, 1.82) is 0 Å². The number of rotatable bonds is 5. The number of carbonyl (C=O) groups is 3. The molecule has 3 aromatic carbocycles. The van der Waals surface area contributed by atoms with Gasteiger partial charge in [0.25, 0.3) is 11.8 Å². The van der Waals surface area contributed by atoms with Crippen molar-refractivity contribution in [3.8, 4) is 5.75 Å². The summed E-state index contributed by atoms with van der Waals surface area (Å²) in [6.45, 7) is 2.16. The molecule has 35 heavy (non-hydrogen) atoms. The Kier molecular flexibility index (Phi) is 7.80. The molecule has 3 aromatic rings. The predicted molar refractivity (Wildman–Crippen MR) is 146 cm³/mol. The van der Waals surface area contributed by atoms with Gasteiger partial charge in [0.15, 0.2) is 0 Å². The number of hydrogen-bond donors (Lipinski definition) is 1. The van der Waals surface area contributed by atoms with Crippen LogP contribution < -0.4 is 15.0 Å². The van der Waals surface area contributed by atoms with E-state index in [1.54, 1.807) is 42.5 Å². The van der Waals surface area contributed by atoms with Crippen LogP contribution in [0, 0.1) is 6.92 Å². The van der Waals surface area contributed by atoms with Crippen LogP contribution in [0.1, 0.15) is 16.7 Å². The van der Waals surface area contributed by atoms with Gasteiger partial charge in [-0.15, -0.1) is 0 Å². The molecule has 178 valence electrons. The fraction of sp³-hybridized carbons (Fsp3) is 0.0800. The molecule has 6 nitrogen and oxygen atoms in total. The smallest absolute Gasteiger partial charge is 0.335 e. The van der Waals surface area contributed by atoms with E-state index in [0.29, 0.717) is 37.6 Å². The van der Waals surface area contributed by atoms with E-state index >= 15 is 0 Å². The van der Waals surface area contributed by atoms with Crippen molar-refractivity contribution in [2.24, 2.45) is 0 Å². The summed E-state index contributed by atoms with van der Waals surface area (Å²) in [5.74, 6) is -0.917. The Bertz CT molecular complexity index is 1370. The number of aryl methyl sites for hydroxylation is 1. The van der Waals surface area contributed by atoms with E-state index in [1.807, 2.05) is 19.1 Å². The number of nitrogens with one attached hydrogen (secondary N) is 1. The molecule has 1 aliphatic rings. The second-order valence-electron chi connectivity index (χ2n) is 7.62. The third-order valence-electron chi connectivity index (χ3n) is 5.13. The van der Waals surface area contributed by atoms with Crippen molar-refractivity contribution in [3.63, 3.8) is 0 Å². The molecule has 1 saturated heterocycles. The van der Waals surface area contributed by atoms with E-state index in [1.165, 1.54) is 6.08 Å². The number of nitrogens with zero attached hydrogens (tertiary/aromatic N) is 1. The Balaban J connectivity index is 1.61. The zero-order valence-electron chi connectivity index (χ0n) is 18.1. The molecule has 1 heterocycles. The van der Waals surface area contributed by atoms with Crippen LogP contribution in [0.3, 0.4) is 0 Å². The van der Waals surface area contributed by atoms with Gasteiger partial charge in [0.2, 0.25) is 0 Å². The number of carbonyl (C=O) groups excluding carboxylic acids is 3. The van der Waals surface area contributed by atoms with Crippen LogP contribution in [0.15, 0.2) is 73.6 Å². The number of ether oxygens (including phenoxy) is 1. The number of urea groups is 1. The van der Waals surface area contributed by atoms with Crippen LogP contribution in [0.2, 0.25) is 5.02 Å². The number of barbiturate groups is 1. The van der Waals surface area contributed by atoms with Crippen molar-refractivity contribution in [1.82, 2.24) is 5.32 Å². The molecule has 4 rings (SSSR count). The summed E-state index contributed by atoms with van der Waals surface area (Å²) >= 11 is 16.3. The zero-order valence-corrected chi connectivity index (χ0v) is 23.6. The second kappa shape index (κ2) is 10.7. The van der Waals surface area contributed by atoms with Gasteiger partial charge in [-0.05, 0) is 104 Å². The van der Waals surface area contributed by atoms with Crippen LogP contribution in [0.4, 0.5) is 10.5 Å². The highest BCUT2D eigenvalue weighted by atomic mass is 79.9. The van der Waals surface area contributed by atoms with Crippen LogP contribution in [0.5, 0.6) is 5.75 Å². The Morgan fingerprint density at radius 1 is 0.943 bits per heavy atom. The first-order valence-electron chi connectivity index (χ1n) is 10.2. The molecule has 0 atom stereocenters. The summed E-state index contributed by atoms with van der Waals surface area (Å²) in [7, 11) is 0. The molecule has 0 unspecified atom stereocenters. The van der Waals surface area contributed by atoms with Crippen LogP contribution >= 0.6 is 59.4 Å². The second-order valence-corrected chi connectivity index (χ2v) is 10.6. The number of benzene rings is 3. The lowest BCUT2D eigenvalue weighted by Crippen LogP contribution is -2.54. The quantitative estimate of drug-likeness (QED) is 0.229. The Morgan fingerprint density at radius 2 is 1.60 bits per heavy atom. The molecule has 0 bridgehead atoms. The van der Waals surface area contributed by atoms with E-state index in [0.717, 1.165) is 20.5 Å². The lowest BCUT2D eigenvalue weighted by Gasteiger charge is -2.26. The Labute approximate surface area is 231 Å². The summed E-state index contributed by atoms with van der Waals surface area (Å²) in [5, 5.41) is 2.88. The van der Waals surface area contributed by atoms with Crippen molar-refractivity contribution in [2.75, 3.05) is 4.90 Å². The summed E-state index contributed by atoms with van der Waals surface area (Å²) < 4.78 is 8.01. The minimum atomic E-state index is -0.799. The highest BCUT2D eigenvalue weighted by Gasteiger charge is 2.37. The van der Waals surface area contributed by atoms with Crippen LogP contribution in [-0.2, 0) is 16.2 Å². The summed E-state index contributed by atoms with van der Waals surface area (Å²) in [6.07, 6.45) is 1.43. The van der Waals surface area contributed by atoms with Gasteiger partial charge in [-0.25, -0.2) is 9.69 Å². The van der Waals surface area contributed by atoms with Crippen molar-refractivity contribution in [3.05, 3.63) is 95.3 Å². The maximum absolute atomic E-state index is 13.2. The van der Waals surface area contributed by atoms with Crippen molar-refractivity contribution >= 4 is 89.0 Å². The van der Waals surface area contributed by atoms with Crippen LogP contribution in [-0.4, -0.2) is 17.8 Å². The van der Waals surface area contributed by atoms with Gasteiger partial charge in [-0.3, -0.25) is 14.9 Å². The van der Waals surface area contributed by atoms with E-state index in [2.05, 4.69) is 53.1 Å². The number of amides is 4. The van der Waals surface area contributed by atoms with Crippen LogP contribution in [0.25, 0.3) is 6.08 Å². The first-order chi connectivity index (χ1) is 16.6. The molecule has 10 heteroatoms. The van der Waals surface area contributed by atoms with Crippen molar-refractivity contribution in [2.45, 2.75) is 13.5 Å². The van der Waals surface area contributed by atoms with Gasteiger partial charge in [0, 0.05) is 9.50 Å². The SMILES string of the molecule is Cc1cc(N2C(=O)NC(=O)/C(=C\c3cc(Br)c(OCc4ccc(Cl)cc4)c(Br)c3)C2=O)ccc1Br. The van der Waals surface area contributed by atoms with E-state index in [-0.39, 0.29) is 5.57 Å². The highest BCUT2D eigenvalue weighted by Crippen LogP contribution is 2.36. The third-order valence-corrected chi connectivity index (χ3v) is 7.45. The monoisotopic (exact) mass is 680 g/mol. The normalized spacial score (nSPS) is 14.9. The lowest BCUT2D eigenvalue weighted by atomic mass is 10.1.